The fourth-order valence-electron chi connectivity index (χ4n) is 2.52. The molecule has 0 saturated carbocycles. The van der Waals surface area contributed by atoms with Crippen LogP contribution in [0.15, 0.2) is 24.3 Å². The molecule has 0 amide bonds. The average molecular weight is 288 g/mol. The molecule has 1 unspecified atom stereocenters. The summed E-state index contributed by atoms with van der Waals surface area (Å²) >= 11 is 1.82. The summed E-state index contributed by atoms with van der Waals surface area (Å²) in [4.78, 5) is 5.94. The van der Waals surface area contributed by atoms with E-state index in [0.29, 0.717) is 6.04 Å². The van der Waals surface area contributed by atoms with E-state index in [1.807, 2.05) is 11.3 Å². The molecule has 2 nitrogen and oxygen atoms in total. The first kappa shape index (κ1) is 15.2. The third-order valence-corrected chi connectivity index (χ3v) is 4.76. The third kappa shape index (κ3) is 3.68. The highest BCUT2D eigenvalue weighted by atomic mass is 32.1. The van der Waals surface area contributed by atoms with E-state index in [-0.39, 0.29) is 0 Å². The van der Waals surface area contributed by atoms with E-state index in [0.717, 1.165) is 24.4 Å². The molecule has 2 aromatic rings. The Bertz CT molecular complexity index is 543. The maximum atomic E-state index is 4.56. The zero-order valence-corrected chi connectivity index (χ0v) is 13.7. The van der Waals surface area contributed by atoms with Crippen molar-refractivity contribution >= 4 is 11.3 Å². The van der Waals surface area contributed by atoms with Crippen LogP contribution in [0.5, 0.6) is 0 Å². The molecule has 2 rings (SSSR count). The lowest BCUT2D eigenvalue weighted by Crippen LogP contribution is -2.22. The number of aryl methyl sites for hydroxylation is 3. The predicted molar refractivity (Wildman–Crippen MR) is 87.5 cm³/mol. The van der Waals surface area contributed by atoms with Crippen molar-refractivity contribution in [3.8, 4) is 0 Å². The summed E-state index contributed by atoms with van der Waals surface area (Å²) in [6.45, 7) is 9.54. The smallest absolute Gasteiger partial charge is 0.0900 e. The maximum absolute atomic E-state index is 4.56. The molecule has 0 aliphatic carbocycles. The Labute approximate surface area is 126 Å². The van der Waals surface area contributed by atoms with Crippen LogP contribution < -0.4 is 5.32 Å². The predicted octanol–water partition coefficient (Wildman–Crippen LogP) is 4.22. The summed E-state index contributed by atoms with van der Waals surface area (Å²) in [5, 5.41) is 4.75. The van der Waals surface area contributed by atoms with Gasteiger partial charge in [0.25, 0.3) is 0 Å². The van der Waals surface area contributed by atoms with Crippen molar-refractivity contribution < 1.29 is 0 Å². The number of nitrogens with zero attached hydrogens (tertiary/aromatic N) is 1. The first-order valence-corrected chi connectivity index (χ1v) is 8.20. The summed E-state index contributed by atoms with van der Waals surface area (Å²) < 4.78 is 0. The number of benzene rings is 1. The highest BCUT2D eigenvalue weighted by molar-refractivity contribution is 7.11. The van der Waals surface area contributed by atoms with Crippen LogP contribution in [0.1, 0.15) is 46.6 Å². The molecule has 1 atom stereocenters. The zero-order valence-electron chi connectivity index (χ0n) is 12.9. The standard InChI is InChI=1S/C17H24N2S/c1-5-14-7-9-15(10-8-14)11-16(18-6-2)17-12(3)19-13(4)20-17/h7-10,16,18H,5-6,11H2,1-4H3. The Balaban J connectivity index is 2.18. The molecule has 0 bridgehead atoms. The minimum absolute atomic E-state index is 0.374. The molecule has 0 spiro atoms. The lowest BCUT2D eigenvalue weighted by atomic mass is 10.0. The highest BCUT2D eigenvalue weighted by Crippen LogP contribution is 2.27. The van der Waals surface area contributed by atoms with Gasteiger partial charge >= 0.3 is 0 Å². The summed E-state index contributed by atoms with van der Waals surface area (Å²) in [5.74, 6) is 0. The molecular weight excluding hydrogens is 264 g/mol. The Morgan fingerprint density at radius 3 is 2.25 bits per heavy atom. The third-order valence-electron chi connectivity index (χ3n) is 3.58. The van der Waals surface area contributed by atoms with E-state index in [1.54, 1.807) is 0 Å². The second-order valence-electron chi connectivity index (χ2n) is 5.17. The Hall–Kier alpha value is -1.19. The Kier molecular flexibility index (Phi) is 5.32. The summed E-state index contributed by atoms with van der Waals surface area (Å²) in [7, 11) is 0. The molecule has 3 heteroatoms. The van der Waals surface area contributed by atoms with Gasteiger partial charge in [-0.25, -0.2) is 4.98 Å². The summed E-state index contributed by atoms with van der Waals surface area (Å²) in [6.07, 6.45) is 2.13. The number of rotatable bonds is 6. The number of thiazole rings is 1. The van der Waals surface area contributed by atoms with Gasteiger partial charge in [-0.15, -0.1) is 11.3 Å². The number of hydrogen-bond acceptors (Lipinski definition) is 3. The number of likely N-dealkylation sites (N-methyl/N-ethyl adjacent to an activating group) is 1. The van der Waals surface area contributed by atoms with E-state index in [4.69, 9.17) is 0 Å². The van der Waals surface area contributed by atoms with Crippen molar-refractivity contribution in [3.63, 3.8) is 0 Å². The molecule has 1 heterocycles. The number of hydrogen-bond donors (Lipinski definition) is 1. The molecule has 1 aromatic heterocycles. The van der Waals surface area contributed by atoms with Gasteiger partial charge in [-0.3, -0.25) is 0 Å². The van der Waals surface area contributed by atoms with Crippen molar-refractivity contribution in [1.82, 2.24) is 10.3 Å². The van der Waals surface area contributed by atoms with Crippen LogP contribution in [-0.2, 0) is 12.8 Å². The van der Waals surface area contributed by atoms with Gasteiger partial charge in [0.15, 0.2) is 0 Å². The molecule has 0 saturated heterocycles. The first-order chi connectivity index (χ1) is 9.63. The first-order valence-electron chi connectivity index (χ1n) is 7.39. The van der Waals surface area contributed by atoms with Gasteiger partial charge in [-0.2, -0.15) is 0 Å². The van der Waals surface area contributed by atoms with Gasteiger partial charge in [0.05, 0.1) is 10.7 Å². The number of aromatic nitrogens is 1. The molecule has 1 aromatic carbocycles. The van der Waals surface area contributed by atoms with Gasteiger partial charge in [0.1, 0.15) is 0 Å². The molecule has 0 fully saturated rings. The lowest BCUT2D eigenvalue weighted by Gasteiger charge is -2.17. The molecule has 0 aliphatic heterocycles. The number of nitrogens with one attached hydrogen (secondary N) is 1. The van der Waals surface area contributed by atoms with E-state index in [1.165, 1.54) is 21.7 Å². The van der Waals surface area contributed by atoms with Crippen LogP contribution >= 0.6 is 11.3 Å². The van der Waals surface area contributed by atoms with E-state index >= 15 is 0 Å². The van der Waals surface area contributed by atoms with E-state index in [2.05, 4.69) is 62.3 Å². The summed E-state index contributed by atoms with van der Waals surface area (Å²) in [5.41, 5.74) is 3.96. The monoisotopic (exact) mass is 288 g/mol. The van der Waals surface area contributed by atoms with Crippen molar-refractivity contribution in [1.29, 1.82) is 0 Å². The van der Waals surface area contributed by atoms with E-state index in [9.17, 15) is 0 Å². The van der Waals surface area contributed by atoms with Crippen LogP contribution in [0.2, 0.25) is 0 Å². The molecule has 1 N–H and O–H groups in total. The van der Waals surface area contributed by atoms with Gasteiger partial charge in [0.2, 0.25) is 0 Å². The molecule has 0 radical (unpaired) electrons. The zero-order chi connectivity index (χ0) is 14.5. The second-order valence-corrected chi connectivity index (χ2v) is 6.40. The van der Waals surface area contributed by atoms with Crippen LogP contribution in [0.4, 0.5) is 0 Å². The normalized spacial score (nSPS) is 12.6. The Morgan fingerprint density at radius 1 is 1.10 bits per heavy atom. The van der Waals surface area contributed by atoms with Crippen molar-refractivity contribution in [3.05, 3.63) is 51.0 Å². The molecule has 0 aliphatic rings. The summed E-state index contributed by atoms with van der Waals surface area (Å²) in [6, 6.07) is 9.36. The van der Waals surface area contributed by atoms with Crippen LogP contribution in [-0.4, -0.2) is 11.5 Å². The quantitative estimate of drug-likeness (QED) is 0.861. The van der Waals surface area contributed by atoms with Crippen molar-refractivity contribution in [2.45, 2.75) is 46.6 Å². The minimum Gasteiger partial charge on any atom is -0.309 e. The fraction of sp³-hybridized carbons (Fsp3) is 0.471. The van der Waals surface area contributed by atoms with Gasteiger partial charge in [-0.1, -0.05) is 38.1 Å². The second kappa shape index (κ2) is 7.00. The van der Waals surface area contributed by atoms with Crippen LogP contribution in [0.3, 0.4) is 0 Å². The van der Waals surface area contributed by atoms with Crippen molar-refractivity contribution in [2.75, 3.05) is 6.54 Å². The van der Waals surface area contributed by atoms with E-state index < -0.39 is 0 Å². The van der Waals surface area contributed by atoms with Gasteiger partial charge in [-0.05, 0) is 44.4 Å². The molecular formula is C17H24N2S. The van der Waals surface area contributed by atoms with Crippen LogP contribution in [0, 0.1) is 13.8 Å². The van der Waals surface area contributed by atoms with Gasteiger partial charge < -0.3 is 5.32 Å². The topological polar surface area (TPSA) is 24.9 Å². The Morgan fingerprint density at radius 2 is 1.75 bits per heavy atom. The minimum atomic E-state index is 0.374. The SMILES string of the molecule is CCNC(Cc1ccc(CC)cc1)c1sc(C)nc1C. The molecule has 20 heavy (non-hydrogen) atoms. The lowest BCUT2D eigenvalue weighted by molar-refractivity contribution is 0.555. The average Bonchev–Trinajstić information content (AvgIpc) is 2.78. The molecule has 108 valence electrons. The largest absolute Gasteiger partial charge is 0.309 e. The maximum Gasteiger partial charge on any atom is 0.0900 e. The highest BCUT2D eigenvalue weighted by Gasteiger charge is 2.17. The van der Waals surface area contributed by atoms with Crippen molar-refractivity contribution in [2.24, 2.45) is 0 Å². The van der Waals surface area contributed by atoms with Crippen LogP contribution in [0.25, 0.3) is 0 Å². The van der Waals surface area contributed by atoms with Gasteiger partial charge in [0, 0.05) is 10.9 Å². The fourth-order valence-corrected chi connectivity index (χ4v) is 3.52.